The van der Waals surface area contributed by atoms with Crippen LogP contribution in [0.3, 0.4) is 0 Å². The van der Waals surface area contributed by atoms with Crippen LogP contribution in [0.15, 0.2) is 24.5 Å². The van der Waals surface area contributed by atoms with Gasteiger partial charge in [-0.05, 0) is 17.7 Å². The molecule has 0 atom stereocenters. The number of hydrazine groups is 1. The minimum atomic E-state index is -0.0263. The van der Waals surface area contributed by atoms with Gasteiger partial charge in [0.15, 0.2) is 0 Å². The Morgan fingerprint density at radius 1 is 1.21 bits per heavy atom. The van der Waals surface area contributed by atoms with Crippen molar-refractivity contribution in [3.05, 3.63) is 30.1 Å². The van der Waals surface area contributed by atoms with E-state index in [4.69, 9.17) is 10.9 Å². The molecule has 0 unspecified atom stereocenters. The Bertz CT molecular complexity index is 414. The van der Waals surface area contributed by atoms with Gasteiger partial charge in [-0.15, -0.1) is 0 Å². The van der Waals surface area contributed by atoms with Crippen molar-refractivity contribution < 1.29 is 5.11 Å². The summed E-state index contributed by atoms with van der Waals surface area (Å²) in [6.45, 7) is -0.0263. The molecule has 0 aromatic carbocycles. The van der Waals surface area contributed by atoms with Crippen LogP contribution >= 0.6 is 0 Å². The third-order valence-electron chi connectivity index (χ3n) is 1.94. The minimum Gasteiger partial charge on any atom is -0.392 e. The van der Waals surface area contributed by atoms with E-state index in [1.165, 1.54) is 0 Å². The van der Waals surface area contributed by atoms with Crippen molar-refractivity contribution in [3.63, 3.8) is 0 Å². The fraction of sp³-hybridized carbons (Fsp3) is 0.111. The molecule has 5 heteroatoms. The predicted octanol–water partition coefficient (Wildman–Crippen LogP) is 0.408. The van der Waals surface area contributed by atoms with E-state index in [2.05, 4.69) is 15.4 Å². The number of nitrogens with one attached hydrogen (secondary N) is 1. The summed E-state index contributed by atoms with van der Waals surface area (Å²) in [5.41, 5.74) is 5.45. The first-order valence-corrected chi connectivity index (χ1v) is 4.15. The number of rotatable bonds is 2. The number of nitrogen functional groups attached to an aromatic ring is 1. The fourth-order valence-electron chi connectivity index (χ4n) is 1.21. The predicted molar refractivity (Wildman–Crippen MR) is 53.3 cm³/mol. The first-order valence-electron chi connectivity index (χ1n) is 4.15. The second-order valence-electron chi connectivity index (χ2n) is 2.91. The van der Waals surface area contributed by atoms with Gasteiger partial charge in [0.05, 0.1) is 29.5 Å². The van der Waals surface area contributed by atoms with Crippen LogP contribution < -0.4 is 11.3 Å². The number of pyridine rings is 2. The lowest BCUT2D eigenvalue weighted by Gasteiger charge is -2.02. The van der Waals surface area contributed by atoms with Gasteiger partial charge in [-0.25, -0.2) is 0 Å². The van der Waals surface area contributed by atoms with E-state index in [-0.39, 0.29) is 6.61 Å². The van der Waals surface area contributed by atoms with Crippen LogP contribution in [0.1, 0.15) is 5.56 Å². The van der Waals surface area contributed by atoms with Gasteiger partial charge in [0.2, 0.25) is 0 Å². The van der Waals surface area contributed by atoms with Gasteiger partial charge in [0.1, 0.15) is 0 Å². The molecule has 2 aromatic heterocycles. The minimum absolute atomic E-state index is 0.0263. The maximum absolute atomic E-state index is 8.90. The van der Waals surface area contributed by atoms with Crippen LogP contribution in [-0.4, -0.2) is 15.1 Å². The molecule has 0 saturated heterocycles. The first-order chi connectivity index (χ1) is 6.83. The molecule has 0 spiro atoms. The molecule has 14 heavy (non-hydrogen) atoms. The number of aliphatic hydroxyl groups excluding tert-OH is 1. The lowest BCUT2D eigenvalue weighted by atomic mass is 10.2. The van der Waals surface area contributed by atoms with Gasteiger partial charge >= 0.3 is 0 Å². The highest BCUT2D eigenvalue weighted by Gasteiger charge is 1.99. The zero-order valence-corrected chi connectivity index (χ0v) is 7.44. The quantitative estimate of drug-likeness (QED) is 0.471. The van der Waals surface area contributed by atoms with E-state index in [9.17, 15) is 0 Å². The molecule has 0 fully saturated rings. The number of hydrogen-bond acceptors (Lipinski definition) is 5. The zero-order valence-electron chi connectivity index (χ0n) is 7.44. The highest BCUT2D eigenvalue weighted by molar-refractivity contribution is 5.77. The molecule has 2 aromatic rings. The molecule has 0 aliphatic rings. The Hall–Kier alpha value is -1.72. The standard InChI is InChI=1S/C9H10N4O/c10-13-7-2-9-8(12-4-7)1-6(5-14)3-11-9/h1-4,13-14H,5,10H2. The maximum atomic E-state index is 8.90. The van der Waals surface area contributed by atoms with Gasteiger partial charge < -0.3 is 10.5 Å². The number of hydrogen-bond donors (Lipinski definition) is 3. The van der Waals surface area contributed by atoms with E-state index in [0.29, 0.717) is 5.69 Å². The maximum Gasteiger partial charge on any atom is 0.0907 e. The number of nitrogens with two attached hydrogens (primary N) is 1. The average Bonchev–Trinajstić information content (AvgIpc) is 2.27. The Morgan fingerprint density at radius 2 is 1.93 bits per heavy atom. The molecule has 4 N–H and O–H groups in total. The summed E-state index contributed by atoms with van der Waals surface area (Å²) in [5.74, 6) is 5.24. The van der Waals surface area contributed by atoms with E-state index >= 15 is 0 Å². The molecule has 0 saturated carbocycles. The highest BCUT2D eigenvalue weighted by atomic mass is 16.3. The van der Waals surface area contributed by atoms with Gasteiger partial charge in [-0.2, -0.15) is 0 Å². The number of aliphatic hydroxyl groups is 1. The van der Waals surface area contributed by atoms with Crippen molar-refractivity contribution in [1.82, 2.24) is 9.97 Å². The van der Waals surface area contributed by atoms with E-state index in [1.54, 1.807) is 24.5 Å². The molecule has 0 aliphatic heterocycles. The lowest BCUT2D eigenvalue weighted by Crippen LogP contribution is -2.06. The van der Waals surface area contributed by atoms with Gasteiger partial charge in [-0.1, -0.05) is 0 Å². The largest absolute Gasteiger partial charge is 0.392 e. The summed E-state index contributed by atoms with van der Waals surface area (Å²) in [5, 5.41) is 8.90. The normalized spacial score (nSPS) is 10.4. The van der Waals surface area contributed by atoms with E-state index in [0.717, 1.165) is 16.6 Å². The van der Waals surface area contributed by atoms with Crippen molar-refractivity contribution in [2.24, 2.45) is 5.84 Å². The molecule has 2 rings (SSSR count). The SMILES string of the molecule is NNc1cnc2cc(CO)cnc2c1. The molecule has 72 valence electrons. The van der Waals surface area contributed by atoms with Crippen LogP contribution in [0.25, 0.3) is 11.0 Å². The first kappa shape index (κ1) is 8.86. The van der Waals surface area contributed by atoms with Crippen molar-refractivity contribution >= 4 is 16.7 Å². The molecule has 2 heterocycles. The summed E-state index contributed by atoms with van der Waals surface area (Å²) >= 11 is 0. The van der Waals surface area contributed by atoms with Gasteiger partial charge in [0, 0.05) is 6.20 Å². The van der Waals surface area contributed by atoms with Crippen LogP contribution in [0.5, 0.6) is 0 Å². The summed E-state index contributed by atoms with van der Waals surface area (Å²) in [4.78, 5) is 8.29. The van der Waals surface area contributed by atoms with Crippen molar-refractivity contribution in [2.75, 3.05) is 5.43 Å². The van der Waals surface area contributed by atoms with Crippen LogP contribution in [0.2, 0.25) is 0 Å². The molecule has 0 radical (unpaired) electrons. The third kappa shape index (κ3) is 1.50. The van der Waals surface area contributed by atoms with E-state index < -0.39 is 0 Å². The number of nitrogens with zero attached hydrogens (tertiary/aromatic N) is 2. The third-order valence-corrected chi connectivity index (χ3v) is 1.94. The van der Waals surface area contributed by atoms with Crippen LogP contribution in [0, 0.1) is 0 Å². The summed E-state index contributed by atoms with van der Waals surface area (Å²) in [7, 11) is 0. The number of aromatic nitrogens is 2. The van der Waals surface area contributed by atoms with Gasteiger partial charge in [0.25, 0.3) is 0 Å². The summed E-state index contributed by atoms with van der Waals surface area (Å²) < 4.78 is 0. The Labute approximate surface area is 80.6 Å². The van der Waals surface area contributed by atoms with Crippen LogP contribution in [0.4, 0.5) is 5.69 Å². The highest BCUT2D eigenvalue weighted by Crippen LogP contribution is 2.14. The fourth-order valence-corrected chi connectivity index (χ4v) is 1.21. The average molecular weight is 190 g/mol. The van der Waals surface area contributed by atoms with Crippen LogP contribution in [-0.2, 0) is 6.61 Å². The molecular formula is C9H10N4O. The second-order valence-corrected chi connectivity index (χ2v) is 2.91. The van der Waals surface area contributed by atoms with Gasteiger partial charge in [-0.3, -0.25) is 15.8 Å². The number of fused-ring (bicyclic) bond motifs is 1. The Balaban J connectivity index is 2.57. The Kier molecular flexibility index (Phi) is 2.26. The lowest BCUT2D eigenvalue weighted by molar-refractivity contribution is 0.281. The molecule has 5 nitrogen and oxygen atoms in total. The summed E-state index contributed by atoms with van der Waals surface area (Å²) in [6, 6.07) is 3.59. The van der Waals surface area contributed by atoms with Crippen molar-refractivity contribution in [2.45, 2.75) is 6.61 Å². The summed E-state index contributed by atoms with van der Waals surface area (Å²) in [6.07, 6.45) is 3.23. The van der Waals surface area contributed by atoms with Crippen molar-refractivity contribution in [1.29, 1.82) is 0 Å². The Morgan fingerprint density at radius 3 is 2.64 bits per heavy atom. The molecule has 0 aliphatic carbocycles. The van der Waals surface area contributed by atoms with Crippen molar-refractivity contribution in [3.8, 4) is 0 Å². The smallest absolute Gasteiger partial charge is 0.0907 e. The molecule has 0 amide bonds. The zero-order chi connectivity index (χ0) is 9.97. The second kappa shape index (κ2) is 3.57. The van der Waals surface area contributed by atoms with E-state index in [1.807, 2.05) is 0 Å². The molecular weight excluding hydrogens is 180 g/mol. The molecule has 0 bridgehead atoms. The number of anilines is 1. The topological polar surface area (TPSA) is 84.1 Å². The monoisotopic (exact) mass is 190 g/mol.